The van der Waals surface area contributed by atoms with E-state index in [0.29, 0.717) is 11.1 Å². The minimum atomic E-state index is -1.04. The molecule has 3 N–H and O–H groups in total. The molecule has 0 bridgehead atoms. The van der Waals surface area contributed by atoms with Crippen molar-refractivity contribution in [3.63, 3.8) is 0 Å². The van der Waals surface area contributed by atoms with Crippen molar-refractivity contribution in [3.05, 3.63) is 23.9 Å². The lowest BCUT2D eigenvalue weighted by Crippen LogP contribution is -1.98. The van der Waals surface area contributed by atoms with Crippen LogP contribution in [0.5, 0.6) is 0 Å². The number of carboxylic acid groups (broad SMARTS) is 1. The molecule has 5 heteroatoms. The van der Waals surface area contributed by atoms with Gasteiger partial charge in [0.25, 0.3) is 0 Å². The Kier molecular flexibility index (Phi) is 1.66. The molecular weight excluding hydrogens is 188 g/mol. The van der Waals surface area contributed by atoms with Gasteiger partial charge in [-0.1, -0.05) is 6.07 Å². The van der Waals surface area contributed by atoms with Crippen molar-refractivity contribution in [2.75, 3.05) is 5.73 Å². The Morgan fingerprint density at radius 1 is 1.54 bits per heavy atom. The van der Waals surface area contributed by atoms with E-state index in [1.165, 1.54) is 0 Å². The number of hydrogen-bond acceptors (Lipinski definition) is 4. The Balaban J connectivity index is 2.86. The summed E-state index contributed by atoms with van der Waals surface area (Å²) < 4.78 is 4.62. The van der Waals surface area contributed by atoms with Crippen molar-refractivity contribution in [2.24, 2.45) is 0 Å². The number of benzene rings is 1. The van der Waals surface area contributed by atoms with Gasteiger partial charge in [-0.15, -0.1) is 0 Å². The fourth-order valence-corrected chi connectivity index (χ4v) is 1.97. The number of nitrogens with two attached hydrogens (primary N) is 1. The summed E-state index contributed by atoms with van der Waals surface area (Å²) in [6.45, 7) is 0. The van der Waals surface area contributed by atoms with Gasteiger partial charge in [0.05, 0.1) is 10.1 Å². The average molecular weight is 194 g/mol. The van der Waals surface area contributed by atoms with Crippen LogP contribution in [-0.2, 0) is 0 Å². The molecule has 1 aromatic heterocycles. The molecule has 1 aromatic carbocycles. The summed E-state index contributed by atoms with van der Waals surface area (Å²) >= 11 is 1.15. The predicted octanol–water partition coefficient (Wildman–Crippen LogP) is 1.58. The van der Waals surface area contributed by atoms with Gasteiger partial charge in [-0.25, -0.2) is 4.79 Å². The van der Waals surface area contributed by atoms with Crippen molar-refractivity contribution >= 4 is 33.3 Å². The van der Waals surface area contributed by atoms with E-state index in [1.54, 1.807) is 18.2 Å². The van der Waals surface area contributed by atoms with Crippen LogP contribution < -0.4 is 5.73 Å². The summed E-state index contributed by atoms with van der Waals surface area (Å²) in [6.07, 6.45) is 0. The maximum Gasteiger partial charge on any atom is 0.356 e. The van der Waals surface area contributed by atoms with Crippen LogP contribution in [0.3, 0.4) is 0 Å². The summed E-state index contributed by atoms with van der Waals surface area (Å²) in [7, 11) is 0. The highest BCUT2D eigenvalue weighted by Gasteiger charge is 2.14. The first-order valence-corrected chi connectivity index (χ1v) is 4.34. The van der Waals surface area contributed by atoms with E-state index in [1.807, 2.05) is 0 Å². The number of aromatic carboxylic acids is 1. The molecule has 13 heavy (non-hydrogen) atoms. The zero-order chi connectivity index (χ0) is 9.42. The van der Waals surface area contributed by atoms with E-state index in [2.05, 4.69) is 4.37 Å². The second-order valence-electron chi connectivity index (χ2n) is 2.56. The second-order valence-corrected chi connectivity index (χ2v) is 3.36. The molecule has 0 radical (unpaired) electrons. The Labute approximate surface area is 77.8 Å². The first-order chi connectivity index (χ1) is 6.20. The van der Waals surface area contributed by atoms with Gasteiger partial charge in [0.15, 0.2) is 5.69 Å². The predicted molar refractivity (Wildman–Crippen MR) is 51.0 cm³/mol. The normalized spacial score (nSPS) is 10.5. The van der Waals surface area contributed by atoms with Crippen molar-refractivity contribution in [2.45, 2.75) is 0 Å². The fraction of sp³-hybridized carbons (Fsp3) is 0. The average Bonchev–Trinajstić information content (AvgIpc) is 2.49. The highest BCUT2D eigenvalue weighted by molar-refractivity contribution is 7.13. The number of carboxylic acids is 1. The largest absolute Gasteiger partial charge is 0.476 e. The van der Waals surface area contributed by atoms with Gasteiger partial charge in [-0.3, -0.25) is 0 Å². The van der Waals surface area contributed by atoms with Crippen LogP contribution in [-0.4, -0.2) is 15.4 Å². The highest BCUT2D eigenvalue weighted by atomic mass is 32.1. The van der Waals surface area contributed by atoms with Gasteiger partial charge in [-0.05, 0) is 23.7 Å². The molecule has 2 rings (SSSR count). The van der Waals surface area contributed by atoms with Crippen molar-refractivity contribution in [1.82, 2.24) is 4.37 Å². The number of fused-ring (bicyclic) bond motifs is 1. The van der Waals surface area contributed by atoms with Crippen LogP contribution in [0, 0.1) is 0 Å². The van der Waals surface area contributed by atoms with Crippen LogP contribution in [0.2, 0.25) is 0 Å². The molecular formula is C8H6N2O2S. The molecule has 0 spiro atoms. The molecule has 0 saturated heterocycles. The van der Waals surface area contributed by atoms with Gasteiger partial charge in [0, 0.05) is 5.69 Å². The molecule has 2 aromatic rings. The van der Waals surface area contributed by atoms with Gasteiger partial charge >= 0.3 is 5.97 Å². The Morgan fingerprint density at radius 2 is 2.31 bits per heavy atom. The molecule has 4 nitrogen and oxygen atoms in total. The Bertz CT molecular complexity index is 478. The minimum Gasteiger partial charge on any atom is -0.476 e. The summed E-state index contributed by atoms with van der Waals surface area (Å²) in [5, 5.41) is 9.33. The number of aromatic nitrogens is 1. The van der Waals surface area contributed by atoms with Crippen molar-refractivity contribution in [1.29, 1.82) is 0 Å². The minimum absolute atomic E-state index is 0.0399. The monoisotopic (exact) mass is 194 g/mol. The Morgan fingerprint density at radius 3 is 3.00 bits per heavy atom. The highest BCUT2D eigenvalue weighted by Crippen LogP contribution is 2.27. The summed E-state index contributed by atoms with van der Waals surface area (Å²) in [4.78, 5) is 10.7. The zero-order valence-corrected chi connectivity index (χ0v) is 7.34. The molecule has 0 unspecified atom stereocenters. The third-order valence-electron chi connectivity index (χ3n) is 1.73. The maximum absolute atomic E-state index is 10.7. The van der Waals surface area contributed by atoms with Crippen molar-refractivity contribution < 1.29 is 9.90 Å². The van der Waals surface area contributed by atoms with E-state index in [0.717, 1.165) is 16.2 Å². The van der Waals surface area contributed by atoms with Crippen LogP contribution in [0.25, 0.3) is 10.1 Å². The van der Waals surface area contributed by atoms with Crippen LogP contribution >= 0.6 is 11.5 Å². The summed E-state index contributed by atoms with van der Waals surface area (Å²) in [5.41, 5.74) is 6.14. The summed E-state index contributed by atoms with van der Waals surface area (Å²) in [5.74, 6) is -1.04. The molecule has 0 aliphatic heterocycles. The molecule has 66 valence electrons. The first kappa shape index (κ1) is 8.00. The molecule has 0 saturated carbocycles. The van der Waals surface area contributed by atoms with Gasteiger partial charge in [0.2, 0.25) is 0 Å². The number of nitrogen functional groups attached to an aromatic ring is 1. The van der Waals surface area contributed by atoms with Gasteiger partial charge in [0.1, 0.15) is 0 Å². The van der Waals surface area contributed by atoms with Crippen molar-refractivity contribution in [3.8, 4) is 0 Å². The molecule has 0 amide bonds. The fourth-order valence-electron chi connectivity index (χ4n) is 1.16. The third kappa shape index (κ3) is 1.13. The summed E-state index contributed by atoms with van der Waals surface area (Å²) in [6, 6.07) is 5.25. The van der Waals surface area contributed by atoms with E-state index in [9.17, 15) is 4.79 Å². The van der Waals surface area contributed by atoms with Gasteiger partial charge < -0.3 is 10.8 Å². The van der Waals surface area contributed by atoms with Crippen LogP contribution in [0.1, 0.15) is 10.5 Å². The molecule has 0 aliphatic rings. The Hall–Kier alpha value is -1.62. The lowest BCUT2D eigenvalue weighted by atomic mass is 10.2. The molecule has 0 atom stereocenters. The molecule has 0 fully saturated rings. The quantitative estimate of drug-likeness (QED) is 0.675. The number of nitrogens with zero attached hydrogens (tertiary/aromatic N) is 1. The van der Waals surface area contributed by atoms with E-state index in [4.69, 9.17) is 10.8 Å². The standard InChI is InChI=1S/C8H6N2O2S/c9-4-2-1-3-5-6(4)7(8(11)12)10-13-5/h1-3H,9H2,(H,11,12). The third-order valence-corrected chi connectivity index (χ3v) is 2.54. The molecule has 1 heterocycles. The first-order valence-electron chi connectivity index (χ1n) is 3.57. The van der Waals surface area contributed by atoms with E-state index < -0.39 is 5.97 Å². The maximum atomic E-state index is 10.7. The van der Waals surface area contributed by atoms with Crippen LogP contribution in [0.15, 0.2) is 18.2 Å². The van der Waals surface area contributed by atoms with E-state index >= 15 is 0 Å². The second kappa shape index (κ2) is 2.70. The van der Waals surface area contributed by atoms with Gasteiger partial charge in [-0.2, -0.15) is 4.37 Å². The lowest BCUT2D eigenvalue weighted by Gasteiger charge is -1.94. The SMILES string of the molecule is Nc1cccc2snc(C(=O)O)c12. The number of rotatable bonds is 1. The molecule has 0 aliphatic carbocycles. The number of hydrogen-bond donors (Lipinski definition) is 2. The van der Waals surface area contributed by atoms with E-state index in [-0.39, 0.29) is 5.69 Å². The topological polar surface area (TPSA) is 76.2 Å². The zero-order valence-electron chi connectivity index (χ0n) is 6.52. The smallest absolute Gasteiger partial charge is 0.356 e. The van der Waals surface area contributed by atoms with Crippen LogP contribution in [0.4, 0.5) is 5.69 Å². The number of anilines is 1. The lowest BCUT2D eigenvalue weighted by molar-refractivity contribution is 0.0694. The number of carbonyl (C=O) groups is 1.